The van der Waals surface area contributed by atoms with Crippen LogP contribution in [0.2, 0.25) is 0 Å². The van der Waals surface area contributed by atoms with Crippen molar-refractivity contribution in [1.82, 2.24) is 35.1 Å². The minimum absolute atomic E-state index is 0.111. The highest BCUT2D eigenvalue weighted by atomic mass is 16.2. The second kappa shape index (κ2) is 27.3. The summed E-state index contributed by atoms with van der Waals surface area (Å²) in [6, 6.07) is 0. The molecule has 0 saturated heterocycles. The second-order valence-corrected chi connectivity index (χ2v) is 10.6. The van der Waals surface area contributed by atoms with Crippen LogP contribution in [0.3, 0.4) is 0 Å². The molecule has 6 amide bonds. The van der Waals surface area contributed by atoms with Crippen molar-refractivity contribution in [2.75, 3.05) is 87.6 Å². The summed E-state index contributed by atoms with van der Waals surface area (Å²) in [6.07, 6.45) is 3.27. The highest BCUT2D eigenvalue weighted by Gasteiger charge is 2.23. The molecular formula is C31H63N7O6. The Morgan fingerprint density at radius 1 is 0.545 bits per heavy atom. The highest BCUT2D eigenvalue weighted by Crippen LogP contribution is 2.05. The van der Waals surface area contributed by atoms with E-state index in [9.17, 15) is 28.8 Å². The third-order valence-electron chi connectivity index (χ3n) is 6.30. The molecule has 0 aromatic rings. The number of unbranched alkanes of at least 4 members (excludes halogenated alkanes) is 1. The molecule has 0 aromatic carbocycles. The van der Waals surface area contributed by atoms with E-state index in [0.29, 0.717) is 19.0 Å². The lowest BCUT2D eigenvalue weighted by Gasteiger charge is -2.26. The van der Waals surface area contributed by atoms with E-state index in [4.69, 9.17) is 0 Å². The van der Waals surface area contributed by atoms with Crippen LogP contribution in [0, 0.1) is 5.92 Å². The zero-order chi connectivity index (χ0) is 34.8. The number of nitrogens with one attached hydrogen (secondary N) is 2. The van der Waals surface area contributed by atoms with E-state index in [1.807, 2.05) is 34.6 Å². The van der Waals surface area contributed by atoms with Crippen LogP contribution in [-0.4, -0.2) is 148 Å². The number of carbonyl (C=O) groups is 6. The molecule has 0 aliphatic rings. The smallest absolute Gasteiger partial charge is 0.242 e. The van der Waals surface area contributed by atoms with Gasteiger partial charge in [-0.05, 0) is 18.9 Å². The fourth-order valence-electron chi connectivity index (χ4n) is 3.47. The Morgan fingerprint density at radius 2 is 0.909 bits per heavy atom. The fraction of sp³-hybridized carbons (Fsp3) is 0.806. The summed E-state index contributed by atoms with van der Waals surface area (Å²) in [5.41, 5.74) is 0. The van der Waals surface area contributed by atoms with Crippen LogP contribution in [0.5, 0.6) is 0 Å². The summed E-state index contributed by atoms with van der Waals surface area (Å²) in [6.45, 7) is 15.0. The summed E-state index contributed by atoms with van der Waals surface area (Å²) in [4.78, 5) is 80.4. The molecule has 0 atom stereocenters. The number of hydrogen-bond donors (Lipinski definition) is 2. The third kappa shape index (κ3) is 22.3. The van der Waals surface area contributed by atoms with Crippen LogP contribution < -0.4 is 10.6 Å². The van der Waals surface area contributed by atoms with E-state index in [2.05, 4.69) is 24.5 Å². The molecule has 0 bridgehead atoms. The molecule has 0 aliphatic heterocycles. The highest BCUT2D eigenvalue weighted by molar-refractivity contribution is 5.91. The summed E-state index contributed by atoms with van der Waals surface area (Å²) in [5, 5.41) is 5.85. The van der Waals surface area contributed by atoms with Gasteiger partial charge >= 0.3 is 0 Å². The van der Waals surface area contributed by atoms with Crippen molar-refractivity contribution in [3.63, 3.8) is 0 Å². The SMILES string of the molecule is CC.CC.CCNCCC(=O)N(C)CC(=O)N(C)CC(=O)N(C)CC(=O)N(C)CC(=O)N(C)CC(=O)NCCCCC(C)C. The first-order valence-corrected chi connectivity index (χ1v) is 15.9. The van der Waals surface area contributed by atoms with Gasteiger partial charge in [-0.2, -0.15) is 0 Å². The monoisotopic (exact) mass is 629 g/mol. The Bertz CT molecular complexity index is 853. The number of carbonyl (C=O) groups excluding carboxylic acids is 6. The first kappa shape index (κ1) is 45.2. The molecule has 258 valence electrons. The van der Waals surface area contributed by atoms with E-state index >= 15 is 0 Å². The molecule has 0 heterocycles. The Morgan fingerprint density at radius 3 is 1.27 bits per heavy atom. The topological polar surface area (TPSA) is 143 Å². The van der Waals surface area contributed by atoms with E-state index in [0.717, 1.165) is 25.8 Å². The van der Waals surface area contributed by atoms with Gasteiger partial charge in [0.2, 0.25) is 35.4 Å². The lowest BCUT2D eigenvalue weighted by atomic mass is 10.1. The quantitative estimate of drug-likeness (QED) is 0.205. The molecule has 0 saturated carbocycles. The number of likely N-dealkylation sites (N-methyl/N-ethyl adjacent to an activating group) is 5. The van der Waals surface area contributed by atoms with Crippen LogP contribution >= 0.6 is 0 Å². The van der Waals surface area contributed by atoms with Crippen molar-refractivity contribution in [1.29, 1.82) is 0 Å². The van der Waals surface area contributed by atoms with Crippen molar-refractivity contribution in [3.8, 4) is 0 Å². The van der Waals surface area contributed by atoms with Gasteiger partial charge in [-0.3, -0.25) is 28.8 Å². The minimum Gasteiger partial charge on any atom is -0.355 e. The Labute approximate surface area is 267 Å². The van der Waals surface area contributed by atoms with Crippen molar-refractivity contribution >= 4 is 35.4 Å². The number of amides is 6. The Kier molecular flexibility index (Phi) is 28.1. The summed E-state index contributed by atoms with van der Waals surface area (Å²) in [5.74, 6) is -1.57. The van der Waals surface area contributed by atoms with Crippen molar-refractivity contribution < 1.29 is 28.8 Å². The van der Waals surface area contributed by atoms with Crippen LogP contribution in [0.15, 0.2) is 0 Å². The van der Waals surface area contributed by atoms with Crippen molar-refractivity contribution in [3.05, 3.63) is 0 Å². The molecule has 0 aromatic heterocycles. The van der Waals surface area contributed by atoms with Crippen molar-refractivity contribution in [2.45, 2.75) is 74.1 Å². The molecule has 2 N–H and O–H groups in total. The lowest BCUT2D eigenvalue weighted by molar-refractivity contribution is -0.145. The van der Waals surface area contributed by atoms with Gasteiger partial charge in [0.15, 0.2) is 0 Å². The molecule has 0 rings (SSSR count). The van der Waals surface area contributed by atoms with E-state index in [-0.39, 0.29) is 51.0 Å². The van der Waals surface area contributed by atoms with E-state index in [1.54, 1.807) is 0 Å². The maximum atomic E-state index is 12.6. The van der Waals surface area contributed by atoms with Gasteiger partial charge in [-0.25, -0.2) is 0 Å². The maximum absolute atomic E-state index is 12.6. The number of rotatable bonds is 19. The van der Waals surface area contributed by atoms with Gasteiger partial charge in [0.25, 0.3) is 0 Å². The molecule has 0 unspecified atom stereocenters. The standard InChI is InChI=1S/C27H51N7O6.2C2H6/c1-9-28-15-13-23(36)31(5)17-25(38)33(7)19-27(40)34(8)20-26(39)32(6)18-24(37)30(4)16-22(35)29-14-11-10-12-21(2)3;2*1-2/h21,28H,9-20H2,1-8H3,(H,29,35);2*1-2H3. The molecule has 13 heteroatoms. The van der Waals surface area contributed by atoms with E-state index in [1.165, 1.54) is 59.7 Å². The van der Waals surface area contributed by atoms with Crippen molar-refractivity contribution in [2.24, 2.45) is 5.92 Å². The van der Waals surface area contributed by atoms with Crippen LogP contribution in [0.4, 0.5) is 0 Å². The summed E-state index contributed by atoms with van der Waals surface area (Å²) in [7, 11) is 7.36. The Balaban J connectivity index is -0.00000402. The van der Waals surface area contributed by atoms with Gasteiger partial charge in [0, 0.05) is 54.7 Å². The molecular weight excluding hydrogens is 566 g/mol. The number of nitrogens with zero attached hydrogens (tertiary/aromatic N) is 5. The van der Waals surface area contributed by atoms with Crippen LogP contribution in [-0.2, 0) is 28.8 Å². The lowest BCUT2D eigenvalue weighted by Crippen LogP contribution is -2.48. The van der Waals surface area contributed by atoms with Crippen LogP contribution in [0.1, 0.15) is 74.1 Å². The largest absolute Gasteiger partial charge is 0.355 e. The molecule has 44 heavy (non-hydrogen) atoms. The average molecular weight is 630 g/mol. The van der Waals surface area contributed by atoms with Gasteiger partial charge in [-0.15, -0.1) is 0 Å². The molecule has 0 fully saturated rings. The number of hydrogen-bond acceptors (Lipinski definition) is 7. The fourth-order valence-corrected chi connectivity index (χ4v) is 3.47. The maximum Gasteiger partial charge on any atom is 0.242 e. The molecule has 0 radical (unpaired) electrons. The normalized spacial score (nSPS) is 9.93. The van der Waals surface area contributed by atoms with Gasteiger partial charge in [0.1, 0.15) is 0 Å². The molecule has 13 nitrogen and oxygen atoms in total. The summed E-state index contributed by atoms with van der Waals surface area (Å²) >= 11 is 0. The molecule has 0 aliphatic carbocycles. The predicted molar refractivity (Wildman–Crippen MR) is 176 cm³/mol. The van der Waals surface area contributed by atoms with E-state index < -0.39 is 23.6 Å². The Hall–Kier alpha value is -3.22. The van der Waals surface area contributed by atoms with Crippen LogP contribution in [0.25, 0.3) is 0 Å². The second-order valence-electron chi connectivity index (χ2n) is 10.6. The first-order chi connectivity index (χ1) is 20.7. The van der Waals surface area contributed by atoms with Gasteiger partial charge in [-0.1, -0.05) is 61.3 Å². The zero-order valence-electron chi connectivity index (χ0n) is 29.7. The minimum atomic E-state index is -0.466. The van der Waals surface area contributed by atoms with Gasteiger partial charge in [0.05, 0.1) is 32.7 Å². The third-order valence-corrected chi connectivity index (χ3v) is 6.30. The predicted octanol–water partition coefficient (Wildman–Crippen LogP) is 1.27. The average Bonchev–Trinajstić information content (AvgIpc) is 2.98. The van der Waals surface area contributed by atoms with Gasteiger partial charge < -0.3 is 35.1 Å². The first-order valence-electron chi connectivity index (χ1n) is 15.9. The molecule has 0 spiro atoms. The zero-order valence-corrected chi connectivity index (χ0v) is 29.7. The summed E-state index contributed by atoms with van der Waals surface area (Å²) < 4.78 is 0.